The maximum atomic E-state index is 12.4. The highest BCUT2D eigenvalue weighted by Gasteiger charge is 2.46. The van der Waals surface area contributed by atoms with Crippen LogP contribution in [-0.4, -0.2) is 25.9 Å². The lowest BCUT2D eigenvalue weighted by Crippen LogP contribution is -2.05. The second-order valence-corrected chi connectivity index (χ2v) is 10.0. The van der Waals surface area contributed by atoms with Gasteiger partial charge in [0, 0.05) is 0 Å². The van der Waals surface area contributed by atoms with Crippen molar-refractivity contribution < 1.29 is 13.2 Å². The molecule has 2 rings (SSSR count). The summed E-state index contributed by atoms with van der Waals surface area (Å²) in [4.78, 5) is 0.396. The SMILES string of the molecule is CC(=CCS(=O)(=O)c1ccc(C)cc1)CCC=C(C)CCC1OC1(C)C. The van der Waals surface area contributed by atoms with E-state index in [9.17, 15) is 8.42 Å². The first-order chi connectivity index (χ1) is 12.1. The van der Waals surface area contributed by atoms with Crippen molar-refractivity contribution in [2.45, 2.75) is 76.9 Å². The number of epoxide rings is 1. The van der Waals surface area contributed by atoms with Gasteiger partial charge >= 0.3 is 0 Å². The molecule has 0 bridgehead atoms. The first kappa shape index (κ1) is 20.9. The molecule has 0 radical (unpaired) electrons. The summed E-state index contributed by atoms with van der Waals surface area (Å²) < 4.78 is 30.3. The molecule has 1 unspecified atom stereocenters. The molecule has 3 nitrogen and oxygen atoms in total. The fourth-order valence-corrected chi connectivity index (χ4v) is 4.19. The number of sulfone groups is 1. The average molecular weight is 377 g/mol. The second kappa shape index (κ2) is 8.53. The van der Waals surface area contributed by atoms with Crippen molar-refractivity contribution >= 4 is 9.84 Å². The number of allylic oxidation sites excluding steroid dienone is 3. The summed E-state index contributed by atoms with van der Waals surface area (Å²) in [5, 5.41) is 0. The molecule has 1 aliphatic rings. The van der Waals surface area contributed by atoms with Gasteiger partial charge in [-0.15, -0.1) is 0 Å². The lowest BCUT2D eigenvalue weighted by Gasteiger charge is -2.04. The van der Waals surface area contributed by atoms with Gasteiger partial charge in [0.05, 0.1) is 22.4 Å². The van der Waals surface area contributed by atoms with E-state index in [0.29, 0.717) is 11.0 Å². The van der Waals surface area contributed by atoms with Crippen LogP contribution < -0.4 is 0 Å². The van der Waals surface area contributed by atoms with E-state index >= 15 is 0 Å². The normalized spacial score (nSPS) is 20.3. The van der Waals surface area contributed by atoms with E-state index in [1.54, 1.807) is 12.1 Å². The zero-order chi connectivity index (χ0) is 19.4. The molecular weight excluding hydrogens is 344 g/mol. The third kappa shape index (κ3) is 6.40. The van der Waals surface area contributed by atoms with Crippen LogP contribution in [0.3, 0.4) is 0 Å². The monoisotopic (exact) mass is 376 g/mol. The van der Waals surface area contributed by atoms with Gasteiger partial charge in [0.1, 0.15) is 0 Å². The van der Waals surface area contributed by atoms with Gasteiger partial charge in [0.25, 0.3) is 0 Å². The molecule has 1 atom stereocenters. The van der Waals surface area contributed by atoms with Gasteiger partial charge < -0.3 is 4.74 Å². The Kier molecular flexibility index (Phi) is 6.86. The van der Waals surface area contributed by atoms with Gasteiger partial charge in [-0.3, -0.25) is 0 Å². The Bertz CT molecular complexity index is 768. The summed E-state index contributed by atoms with van der Waals surface area (Å²) in [6, 6.07) is 7.05. The highest BCUT2D eigenvalue weighted by Crippen LogP contribution is 2.38. The van der Waals surface area contributed by atoms with Crippen LogP contribution in [-0.2, 0) is 14.6 Å². The summed E-state index contributed by atoms with van der Waals surface area (Å²) in [6.07, 6.45) is 8.51. The number of rotatable bonds is 9. The lowest BCUT2D eigenvalue weighted by atomic mass is 10.0. The molecule has 0 amide bonds. The maximum Gasteiger partial charge on any atom is 0.181 e. The molecule has 26 heavy (non-hydrogen) atoms. The van der Waals surface area contributed by atoms with Crippen LogP contribution >= 0.6 is 0 Å². The van der Waals surface area contributed by atoms with Crippen molar-refractivity contribution in [3.05, 3.63) is 53.1 Å². The quantitative estimate of drug-likeness (QED) is 0.428. The molecule has 144 valence electrons. The highest BCUT2D eigenvalue weighted by atomic mass is 32.2. The zero-order valence-electron chi connectivity index (χ0n) is 16.7. The molecule has 1 aromatic rings. The van der Waals surface area contributed by atoms with Crippen molar-refractivity contribution in [1.82, 2.24) is 0 Å². The fraction of sp³-hybridized carbons (Fsp3) is 0.545. The Morgan fingerprint density at radius 2 is 1.65 bits per heavy atom. The Morgan fingerprint density at radius 3 is 2.23 bits per heavy atom. The lowest BCUT2D eigenvalue weighted by molar-refractivity contribution is 0.320. The Morgan fingerprint density at radius 1 is 1.08 bits per heavy atom. The van der Waals surface area contributed by atoms with E-state index in [0.717, 1.165) is 36.8 Å². The second-order valence-electron chi connectivity index (χ2n) is 7.98. The predicted octanol–water partition coefficient (Wildman–Crippen LogP) is 5.40. The topological polar surface area (TPSA) is 46.7 Å². The van der Waals surface area contributed by atoms with Crippen molar-refractivity contribution in [2.24, 2.45) is 0 Å². The van der Waals surface area contributed by atoms with E-state index in [2.05, 4.69) is 26.8 Å². The van der Waals surface area contributed by atoms with Gasteiger partial charge in [0.15, 0.2) is 9.84 Å². The van der Waals surface area contributed by atoms with Crippen molar-refractivity contribution in [3.63, 3.8) is 0 Å². The van der Waals surface area contributed by atoms with Gasteiger partial charge in [-0.1, -0.05) is 41.0 Å². The van der Waals surface area contributed by atoms with Crippen LogP contribution in [0.5, 0.6) is 0 Å². The molecule has 1 aromatic carbocycles. The Balaban J connectivity index is 1.77. The summed E-state index contributed by atoms with van der Waals surface area (Å²) in [5.74, 6) is 0.0681. The molecule has 0 aliphatic carbocycles. The van der Waals surface area contributed by atoms with Crippen molar-refractivity contribution in [2.75, 3.05) is 5.75 Å². The van der Waals surface area contributed by atoms with Crippen molar-refractivity contribution in [1.29, 1.82) is 0 Å². The molecule has 4 heteroatoms. The Labute approximate surface area is 159 Å². The molecule has 1 saturated heterocycles. The predicted molar refractivity (Wildman–Crippen MR) is 108 cm³/mol. The zero-order valence-corrected chi connectivity index (χ0v) is 17.5. The van der Waals surface area contributed by atoms with Crippen LogP contribution in [0.25, 0.3) is 0 Å². The van der Waals surface area contributed by atoms with E-state index in [-0.39, 0.29) is 11.4 Å². The third-order valence-electron chi connectivity index (χ3n) is 5.03. The standard InChI is InChI=1S/C22H32O3S/c1-17(11-14-21-22(4,5)25-21)7-6-8-18(2)15-16-26(23,24)20-12-9-19(3)10-13-20/h7,9-10,12-13,15,21H,6,8,11,14,16H2,1-5H3. The first-order valence-corrected chi connectivity index (χ1v) is 11.0. The minimum atomic E-state index is -3.24. The molecule has 0 spiro atoms. The van der Waals surface area contributed by atoms with E-state index in [1.165, 1.54) is 5.57 Å². The van der Waals surface area contributed by atoms with Gasteiger partial charge in [0.2, 0.25) is 0 Å². The van der Waals surface area contributed by atoms with Gasteiger partial charge in [-0.05, 0) is 72.4 Å². The van der Waals surface area contributed by atoms with Crippen LogP contribution in [0, 0.1) is 6.92 Å². The summed E-state index contributed by atoms with van der Waals surface area (Å²) >= 11 is 0. The van der Waals surface area contributed by atoms with Crippen molar-refractivity contribution in [3.8, 4) is 0 Å². The minimum Gasteiger partial charge on any atom is -0.367 e. The number of hydrogen-bond donors (Lipinski definition) is 0. The third-order valence-corrected chi connectivity index (χ3v) is 6.62. The first-order valence-electron chi connectivity index (χ1n) is 9.39. The van der Waals surface area contributed by atoms with Gasteiger partial charge in [-0.25, -0.2) is 8.42 Å². The highest BCUT2D eigenvalue weighted by molar-refractivity contribution is 7.91. The maximum absolute atomic E-state index is 12.4. The Hall–Kier alpha value is -1.39. The molecule has 0 saturated carbocycles. The largest absolute Gasteiger partial charge is 0.367 e. The smallest absolute Gasteiger partial charge is 0.181 e. The molecule has 0 N–H and O–H groups in total. The molecule has 1 heterocycles. The van der Waals surface area contributed by atoms with E-state index in [4.69, 9.17) is 4.74 Å². The fourth-order valence-electron chi connectivity index (χ4n) is 2.94. The van der Waals surface area contributed by atoms with E-state index in [1.807, 2.05) is 32.1 Å². The minimum absolute atomic E-state index is 0.0681. The molecule has 0 aromatic heterocycles. The van der Waals surface area contributed by atoms with Gasteiger partial charge in [-0.2, -0.15) is 0 Å². The number of aryl methyl sites for hydroxylation is 1. The van der Waals surface area contributed by atoms with Crippen LogP contribution in [0.1, 0.15) is 58.9 Å². The molecular formula is C22H32O3S. The molecule has 1 aliphatic heterocycles. The van der Waals surface area contributed by atoms with Crippen LogP contribution in [0.15, 0.2) is 52.5 Å². The number of ether oxygens (including phenoxy) is 1. The van der Waals surface area contributed by atoms with Crippen LogP contribution in [0.4, 0.5) is 0 Å². The number of benzene rings is 1. The average Bonchev–Trinajstić information content (AvgIpc) is 3.18. The van der Waals surface area contributed by atoms with Crippen LogP contribution in [0.2, 0.25) is 0 Å². The molecule has 1 fully saturated rings. The summed E-state index contributed by atoms with van der Waals surface area (Å²) in [7, 11) is -3.24. The summed E-state index contributed by atoms with van der Waals surface area (Å²) in [6.45, 7) is 10.4. The summed E-state index contributed by atoms with van der Waals surface area (Å²) in [5.41, 5.74) is 3.64. The number of hydrogen-bond acceptors (Lipinski definition) is 3. The van der Waals surface area contributed by atoms with E-state index < -0.39 is 9.84 Å².